The van der Waals surface area contributed by atoms with Gasteiger partial charge in [-0.2, -0.15) is 0 Å². The second kappa shape index (κ2) is 10.3. The predicted octanol–water partition coefficient (Wildman–Crippen LogP) is 3.72. The van der Waals surface area contributed by atoms with E-state index >= 15 is 0 Å². The number of aromatic nitrogens is 1. The highest BCUT2D eigenvalue weighted by Gasteiger charge is 2.26. The molecule has 0 bridgehead atoms. The number of carbonyl (C=O) groups is 1. The highest BCUT2D eigenvalue weighted by molar-refractivity contribution is 7.93. The van der Waals surface area contributed by atoms with Crippen molar-refractivity contribution in [2.24, 2.45) is 0 Å². The fourth-order valence-electron chi connectivity index (χ4n) is 3.59. The van der Waals surface area contributed by atoms with Crippen molar-refractivity contribution in [2.45, 2.75) is 11.8 Å². The maximum atomic E-state index is 13.1. The van der Waals surface area contributed by atoms with Crippen LogP contribution in [-0.4, -0.2) is 61.8 Å². The van der Waals surface area contributed by atoms with Crippen LogP contribution < -0.4 is 4.72 Å². The first-order valence-corrected chi connectivity index (χ1v) is 13.0. The molecule has 1 aliphatic rings. The van der Waals surface area contributed by atoms with E-state index in [9.17, 15) is 13.2 Å². The standard InChI is InChI=1S/C24H26N4O3S2/c1-19-22(32-24(25-19)26-33(30,31)21-12-6-3-7-13-21)23(29)28-17-15-27(16-18-28)14-8-11-20-9-4-2-5-10-20/h2-13H,14-18H2,1H3,(H,25,26)/b11-8+. The average molecular weight is 483 g/mol. The van der Waals surface area contributed by atoms with E-state index in [0.29, 0.717) is 23.7 Å². The minimum atomic E-state index is -3.74. The molecule has 1 saturated heterocycles. The number of sulfonamides is 1. The van der Waals surface area contributed by atoms with Gasteiger partial charge in [-0.1, -0.05) is 72.0 Å². The molecule has 0 radical (unpaired) electrons. The Kier molecular flexibility index (Phi) is 7.22. The minimum absolute atomic E-state index is 0.102. The van der Waals surface area contributed by atoms with E-state index in [0.717, 1.165) is 31.0 Å². The average Bonchev–Trinajstić information content (AvgIpc) is 3.19. The zero-order valence-electron chi connectivity index (χ0n) is 18.3. The molecule has 0 spiro atoms. The van der Waals surface area contributed by atoms with Crippen molar-refractivity contribution in [1.29, 1.82) is 0 Å². The summed E-state index contributed by atoms with van der Waals surface area (Å²) in [4.78, 5) is 22.1. The summed E-state index contributed by atoms with van der Waals surface area (Å²) in [6.07, 6.45) is 4.25. The Hall–Kier alpha value is -3.01. The summed E-state index contributed by atoms with van der Waals surface area (Å²) in [5, 5.41) is 0.199. The number of aryl methyl sites for hydroxylation is 1. The second-order valence-electron chi connectivity index (χ2n) is 7.76. The Labute approximate surface area is 198 Å². The largest absolute Gasteiger partial charge is 0.335 e. The Morgan fingerprint density at radius 2 is 1.67 bits per heavy atom. The predicted molar refractivity (Wildman–Crippen MR) is 132 cm³/mol. The van der Waals surface area contributed by atoms with Gasteiger partial charge in [-0.25, -0.2) is 13.4 Å². The number of thiazole rings is 1. The second-order valence-corrected chi connectivity index (χ2v) is 10.4. The number of piperazine rings is 1. The van der Waals surface area contributed by atoms with Crippen LogP contribution in [-0.2, 0) is 10.0 Å². The maximum Gasteiger partial charge on any atom is 0.266 e. The van der Waals surface area contributed by atoms with Crippen LogP contribution in [0.5, 0.6) is 0 Å². The molecule has 1 N–H and O–H groups in total. The number of rotatable bonds is 7. The van der Waals surface area contributed by atoms with E-state index < -0.39 is 10.0 Å². The molecule has 7 nitrogen and oxygen atoms in total. The molecule has 1 amide bonds. The highest BCUT2D eigenvalue weighted by atomic mass is 32.2. The number of nitrogens with one attached hydrogen (secondary N) is 1. The molecule has 3 aromatic rings. The summed E-state index contributed by atoms with van der Waals surface area (Å²) in [7, 11) is -3.74. The monoisotopic (exact) mass is 482 g/mol. The first-order chi connectivity index (χ1) is 15.9. The zero-order valence-corrected chi connectivity index (χ0v) is 20.0. The Balaban J connectivity index is 1.34. The molecule has 4 rings (SSSR count). The lowest BCUT2D eigenvalue weighted by molar-refractivity contribution is 0.0654. The molecule has 0 saturated carbocycles. The van der Waals surface area contributed by atoms with Gasteiger partial charge in [0.2, 0.25) is 0 Å². The molecule has 9 heteroatoms. The number of benzene rings is 2. The lowest BCUT2D eigenvalue weighted by Crippen LogP contribution is -2.48. The Morgan fingerprint density at radius 1 is 1.03 bits per heavy atom. The van der Waals surface area contributed by atoms with Crippen LogP contribution in [0.15, 0.2) is 71.6 Å². The number of hydrogen-bond acceptors (Lipinski definition) is 6. The van der Waals surface area contributed by atoms with Crippen LogP contribution in [0.1, 0.15) is 20.9 Å². The Morgan fingerprint density at radius 3 is 2.33 bits per heavy atom. The van der Waals surface area contributed by atoms with E-state index in [1.807, 2.05) is 23.1 Å². The van der Waals surface area contributed by atoms with Gasteiger partial charge in [0.15, 0.2) is 5.13 Å². The molecule has 172 valence electrons. The lowest BCUT2D eigenvalue weighted by atomic mass is 10.2. The first kappa shape index (κ1) is 23.2. The molecule has 1 aliphatic heterocycles. The lowest BCUT2D eigenvalue weighted by Gasteiger charge is -2.34. The van der Waals surface area contributed by atoms with Crippen molar-refractivity contribution in [3.05, 3.63) is 82.9 Å². The normalized spacial score (nSPS) is 15.1. The van der Waals surface area contributed by atoms with Crippen LogP contribution in [0.4, 0.5) is 5.13 Å². The van der Waals surface area contributed by atoms with E-state index in [1.54, 1.807) is 25.1 Å². The summed E-state index contributed by atoms with van der Waals surface area (Å²) in [5.74, 6) is -0.102. The molecule has 0 atom stereocenters. The quantitative estimate of drug-likeness (QED) is 0.555. The zero-order chi connectivity index (χ0) is 23.3. The molecular formula is C24H26N4O3S2. The fourth-order valence-corrected chi connectivity index (χ4v) is 5.78. The van der Waals surface area contributed by atoms with Crippen molar-refractivity contribution in [1.82, 2.24) is 14.8 Å². The molecule has 1 aromatic heterocycles. The Bertz CT molecular complexity index is 1220. The highest BCUT2D eigenvalue weighted by Crippen LogP contribution is 2.26. The number of hydrogen-bond donors (Lipinski definition) is 1. The molecule has 2 aromatic carbocycles. The summed E-state index contributed by atoms with van der Waals surface area (Å²) in [6.45, 7) is 5.39. The summed E-state index contributed by atoms with van der Waals surface area (Å²) >= 11 is 1.08. The number of nitrogens with zero attached hydrogens (tertiary/aromatic N) is 3. The number of anilines is 1. The van der Waals surface area contributed by atoms with Gasteiger partial charge in [0.05, 0.1) is 10.6 Å². The van der Waals surface area contributed by atoms with Gasteiger partial charge in [0.1, 0.15) is 4.88 Å². The van der Waals surface area contributed by atoms with Crippen molar-refractivity contribution in [3.63, 3.8) is 0 Å². The van der Waals surface area contributed by atoms with Gasteiger partial charge in [0.25, 0.3) is 15.9 Å². The van der Waals surface area contributed by atoms with E-state index in [2.05, 4.69) is 38.9 Å². The van der Waals surface area contributed by atoms with Crippen molar-refractivity contribution >= 4 is 38.5 Å². The summed E-state index contributed by atoms with van der Waals surface area (Å²) < 4.78 is 27.6. The van der Waals surface area contributed by atoms with Gasteiger partial charge < -0.3 is 4.90 Å². The van der Waals surface area contributed by atoms with Crippen LogP contribution >= 0.6 is 11.3 Å². The van der Waals surface area contributed by atoms with Crippen LogP contribution in [0.25, 0.3) is 6.08 Å². The summed E-state index contributed by atoms with van der Waals surface area (Å²) in [6, 6.07) is 18.3. The SMILES string of the molecule is Cc1nc(NS(=O)(=O)c2ccccc2)sc1C(=O)N1CCN(C/C=C/c2ccccc2)CC1. The van der Waals surface area contributed by atoms with Gasteiger partial charge in [-0.05, 0) is 24.6 Å². The van der Waals surface area contributed by atoms with Gasteiger partial charge in [0, 0.05) is 32.7 Å². The molecule has 0 aliphatic carbocycles. The number of amides is 1. The third kappa shape index (κ3) is 5.87. The molecule has 33 heavy (non-hydrogen) atoms. The first-order valence-electron chi connectivity index (χ1n) is 10.7. The molecule has 2 heterocycles. The third-order valence-electron chi connectivity index (χ3n) is 5.40. The third-order valence-corrected chi connectivity index (χ3v) is 7.94. The van der Waals surface area contributed by atoms with Gasteiger partial charge in [-0.15, -0.1) is 0 Å². The smallest absolute Gasteiger partial charge is 0.266 e. The van der Waals surface area contributed by atoms with E-state index in [1.165, 1.54) is 17.7 Å². The van der Waals surface area contributed by atoms with Crippen LogP contribution in [0.2, 0.25) is 0 Å². The topological polar surface area (TPSA) is 82.6 Å². The van der Waals surface area contributed by atoms with Gasteiger partial charge in [-0.3, -0.25) is 14.4 Å². The van der Waals surface area contributed by atoms with Crippen LogP contribution in [0.3, 0.4) is 0 Å². The van der Waals surface area contributed by atoms with Crippen LogP contribution in [0, 0.1) is 6.92 Å². The molecule has 0 unspecified atom stereocenters. The van der Waals surface area contributed by atoms with E-state index in [-0.39, 0.29) is 15.9 Å². The fraction of sp³-hybridized carbons (Fsp3) is 0.250. The summed E-state index contributed by atoms with van der Waals surface area (Å²) in [5.41, 5.74) is 1.70. The van der Waals surface area contributed by atoms with Gasteiger partial charge >= 0.3 is 0 Å². The minimum Gasteiger partial charge on any atom is -0.335 e. The maximum absolute atomic E-state index is 13.1. The van der Waals surface area contributed by atoms with Crippen molar-refractivity contribution in [2.75, 3.05) is 37.4 Å². The molecule has 1 fully saturated rings. The molecular weight excluding hydrogens is 456 g/mol. The van der Waals surface area contributed by atoms with E-state index in [4.69, 9.17) is 0 Å². The number of carbonyl (C=O) groups excluding carboxylic acids is 1. The van der Waals surface area contributed by atoms with Crippen molar-refractivity contribution in [3.8, 4) is 0 Å². The van der Waals surface area contributed by atoms with Crippen molar-refractivity contribution < 1.29 is 13.2 Å².